The fraction of sp³-hybridized carbons (Fsp3) is 0.875. The summed E-state index contributed by atoms with van der Waals surface area (Å²) in [5.41, 5.74) is 0. The van der Waals surface area contributed by atoms with Gasteiger partial charge in [0, 0.05) is 13.5 Å². The van der Waals surface area contributed by atoms with Crippen LogP contribution < -0.4 is 0 Å². The normalized spacial score (nSPS) is 34.4. The van der Waals surface area contributed by atoms with Crippen LogP contribution in [0.2, 0.25) is 0 Å². The van der Waals surface area contributed by atoms with E-state index in [4.69, 9.17) is 4.74 Å². The predicted octanol–water partition coefficient (Wildman–Crippen LogP) is 1.39. The highest BCUT2D eigenvalue weighted by Crippen LogP contribution is 2.22. The molecule has 1 rings (SSSR count). The number of ether oxygens (including phenoxy) is 1. The van der Waals surface area contributed by atoms with Gasteiger partial charge in [0.2, 0.25) is 0 Å². The molecule has 0 amide bonds. The van der Waals surface area contributed by atoms with Crippen LogP contribution in [-0.2, 0) is 9.53 Å². The number of carbonyl (C=O) groups excluding carboxylic acids is 1. The third kappa shape index (κ3) is 1.57. The Morgan fingerprint density at radius 1 is 1.60 bits per heavy atom. The van der Waals surface area contributed by atoms with Gasteiger partial charge in [0.25, 0.3) is 0 Å². The SMILES string of the molecule is CO[C@@H]1C[C@H](C)CCC1=O. The summed E-state index contributed by atoms with van der Waals surface area (Å²) in [7, 11) is 1.61. The topological polar surface area (TPSA) is 26.3 Å². The van der Waals surface area contributed by atoms with E-state index in [-0.39, 0.29) is 11.9 Å². The van der Waals surface area contributed by atoms with Crippen molar-refractivity contribution in [3.05, 3.63) is 0 Å². The number of hydrogen-bond donors (Lipinski definition) is 0. The second-order valence-electron chi connectivity index (χ2n) is 3.07. The zero-order chi connectivity index (χ0) is 7.56. The molecule has 0 saturated heterocycles. The molecule has 0 unspecified atom stereocenters. The quantitative estimate of drug-likeness (QED) is 0.553. The molecule has 0 bridgehead atoms. The minimum atomic E-state index is -0.108. The van der Waals surface area contributed by atoms with E-state index in [1.54, 1.807) is 7.11 Å². The lowest BCUT2D eigenvalue weighted by Gasteiger charge is -2.23. The molecule has 0 aromatic heterocycles. The van der Waals surface area contributed by atoms with Crippen LogP contribution in [0.15, 0.2) is 0 Å². The van der Waals surface area contributed by atoms with Crippen molar-refractivity contribution in [1.29, 1.82) is 0 Å². The summed E-state index contributed by atoms with van der Waals surface area (Å²) in [5.74, 6) is 0.934. The van der Waals surface area contributed by atoms with Crippen LogP contribution in [0.3, 0.4) is 0 Å². The first-order chi connectivity index (χ1) is 4.74. The lowest BCUT2D eigenvalue weighted by Crippen LogP contribution is -2.30. The van der Waals surface area contributed by atoms with Crippen LogP contribution in [0, 0.1) is 5.92 Å². The average Bonchev–Trinajstić information content (AvgIpc) is 1.94. The first-order valence-corrected chi connectivity index (χ1v) is 3.79. The number of Topliss-reactive ketones (excluding diaryl/α,β-unsaturated/α-hetero) is 1. The summed E-state index contributed by atoms with van der Waals surface area (Å²) in [4.78, 5) is 11.0. The zero-order valence-electron chi connectivity index (χ0n) is 6.59. The summed E-state index contributed by atoms with van der Waals surface area (Å²) in [6.07, 6.45) is 2.55. The van der Waals surface area contributed by atoms with Gasteiger partial charge in [-0.1, -0.05) is 6.92 Å². The maximum atomic E-state index is 11.0. The van der Waals surface area contributed by atoms with E-state index >= 15 is 0 Å². The lowest BCUT2D eigenvalue weighted by molar-refractivity contribution is -0.132. The standard InChI is InChI=1S/C8H14O2/c1-6-3-4-7(9)8(5-6)10-2/h6,8H,3-5H2,1-2H3/t6-,8-/m1/s1. The van der Waals surface area contributed by atoms with E-state index in [1.807, 2.05) is 0 Å². The zero-order valence-corrected chi connectivity index (χ0v) is 6.59. The molecule has 10 heavy (non-hydrogen) atoms. The molecule has 58 valence electrons. The minimum Gasteiger partial charge on any atom is -0.374 e. The molecule has 1 aliphatic rings. The van der Waals surface area contributed by atoms with Crippen LogP contribution in [0.4, 0.5) is 0 Å². The van der Waals surface area contributed by atoms with Crippen molar-refractivity contribution in [2.75, 3.05) is 7.11 Å². The fourth-order valence-electron chi connectivity index (χ4n) is 1.39. The molecule has 0 spiro atoms. The number of methoxy groups -OCH3 is 1. The Bertz CT molecular complexity index is 131. The van der Waals surface area contributed by atoms with Crippen molar-refractivity contribution in [1.82, 2.24) is 0 Å². The van der Waals surface area contributed by atoms with Crippen LogP contribution in [0.25, 0.3) is 0 Å². The van der Waals surface area contributed by atoms with Gasteiger partial charge < -0.3 is 4.74 Å². The molecule has 0 N–H and O–H groups in total. The Morgan fingerprint density at radius 2 is 2.30 bits per heavy atom. The van der Waals surface area contributed by atoms with Gasteiger partial charge in [-0.2, -0.15) is 0 Å². The molecule has 2 heteroatoms. The van der Waals surface area contributed by atoms with Crippen molar-refractivity contribution < 1.29 is 9.53 Å². The van der Waals surface area contributed by atoms with E-state index in [0.29, 0.717) is 12.3 Å². The highest BCUT2D eigenvalue weighted by atomic mass is 16.5. The molecule has 2 atom stereocenters. The van der Waals surface area contributed by atoms with Gasteiger partial charge >= 0.3 is 0 Å². The third-order valence-corrected chi connectivity index (χ3v) is 2.14. The molecule has 1 saturated carbocycles. The second-order valence-corrected chi connectivity index (χ2v) is 3.07. The van der Waals surface area contributed by atoms with Crippen molar-refractivity contribution >= 4 is 5.78 Å². The number of rotatable bonds is 1. The van der Waals surface area contributed by atoms with Crippen LogP contribution in [0.5, 0.6) is 0 Å². The van der Waals surface area contributed by atoms with Gasteiger partial charge in [0.15, 0.2) is 5.78 Å². The highest BCUT2D eigenvalue weighted by molar-refractivity contribution is 5.83. The van der Waals surface area contributed by atoms with E-state index in [9.17, 15) is 4.79 Å². The summed E-state index contributed by atoms with van der Waals surface area (Å²) < 4.78 is 5.02. The van der Waals surface area contributed by atoms with Gasteiger partial charge in [-0.3, -0.25) is 4.79 Å². The minimum absolute atomic E-state index is 0.108. The van der Waals surface area contributed by atoms with Gasteiger partial charge in [0.1, 0.15) is 6.10 Å². The van der Waals surface area contributed by atoms with Gasteiger partial charge in [0.05, 0.1) is 0 Å². The molecule has 1 aliphatic carbocycles. The Labute approximate surface area is 61.6 Å². The largest absolute Gasteiger partial charge is 0.374 e. The summed E-state index contributed by atoms with van der Waals surface area (Å²) in [5, 5.41) is 0. The summed E-state index contributed by atoms with van der Waals surface area (Å²) in [6.45, 7) is 2.17. The smallest absolute Gasteiger partial charge is 0.161 e. The third-order valence-electron chi connectivity index (χ3n) is 2.14. The molecular weight excluding hydrogens is 128 g/mol. The molecule has 0 aromatic carbocycles. The predicted molar refractivity (Wildman–Crippen MR) is 38.8 cm³/mol. The molecule has 0 aliphatic heterocycles. The molecule has 2 nitrogen and oxygen atoms in total. The molecule has 0 aromatic rings. The number of carbonyl (C=O) groups is 1. The Kier molecular flexibility index (Phi) is 2.44. The maximum Gasteiger partial charge on any atom is 0.161 e. The fourth-order valence-corrected chi connectivity index (χ4v) is 1.39. The van der Waals surface area contributed by atoms with E-state index in [1.165, 1.54) is 0 Å². The Hall–Kier alpha value is -0.370. The number of ketones is 1. The monoisotopic (exact) mass is 142 g/mol. The van der Waals surface area contributed by atoms with Crippen LogP contribution in [0.1, 0.15) is 26.2 Å². The van der Waals surface area contributed by atoms with E-state index in [0.717, 1.165) is 12.8 Å². The summed E-state index contributed by atoms with van der Waals surface area (Å²) >= 11 is 0. The average molecular weight is 142 g/mol. The first-order valence-electron chi connectivity index (χ1n) is 3.79. The van der Waals surface area contributed by atoms with E-state index in [2.05, 4.69) is 6.92 Å². The van der Waals surface area contributed by atoms with Crippen LogP contribution >= 0.6 is 0 Å². The van der Waals surface area contributed by atoms with Crippen molar-refractivity contribution in [2.24, 2.45) is 5.92 Å². The molecular formula is C8H14O2. The Morgan fingerprint density at radius 3 is 2.80 bits per heavy atom. The maximum absolute atomic E-state index is 11.0. The Balaban J connectivity index is 2.45. The molecule has 0 heterocycles. The van der Waals surface area contributed by atoms with Gasteiger partial charge in [-0.05, 0) is 18.8 Å². The first kappa shape index (κ1) is 7.73. The van der Waals surface area contributed by atoms with Crippen molar-refractivity contribution in [2.45, 2.75) is 32.3 Å². The summed E-state index contributed by atoms with van der Waals surface area (Å²) in [6, 6.07) is 0. The van der Waals surface area contributed by atoms with Crippen molar-refractivity contribution in [3.8, 4) is 0 Å². The second kappa shape index (κ2) is 3.15. The number of hydrogen-bond acceptors (Lipinski definition) is 2. The van der Waals surface area contributed by atoms with Gasteiger partial charge in [-0.15, -0.1) is 0 Å². The van der Waals surface area contributed by atoms with Crippen LogP contribution in [-0.4, -0.2) is 19.0 Å². The molecule has 0 radical (unpaired) electrons. The van der Waals surface area contributed by atoms with Crippen molar-refractivity contribution in [3.63, 3.8) is 0 Å². The highest BCUT2D eigenvalue weighted by Gasteiger charge is 2.25. The lowest BCUT2D eigenvalue weighted by atomic mass is 9.88. The van der Waals surface area contributed by atoms with Gasteiger partial charge in [-0.25, -0.2) is 0 Å². The molecule has 1 fully saturated rings. The van der Waals surface area contributed by atoms with E-state index < -0.39 is 0 Å².